The van der Waals surface area contributed by atoms with Crippen molar-refractivity contribution in [2.45, 2.75) is 25.4 Å². The lowest BCUT2D eigenvalue weighted by atomic mass is 10.1. The number of benzene rings is 1. The first-order valence-electron chi connectivity index (χ1n) is 8.92. The van der Waals surface area contributed by atoms with Crippen LogP contribution < -0.4 is 10.2 Å². The molecule has 146 valence electrons. The summed E-state index contributed by atoms with van der Waals surface area (Å²) in [6, 6.07) is 3.56. The van der Waals surface area contributed by atoms with Gasteiger partial charge >= 0.3 is 0 Å². The monoisotopic (exact) mass is 480 g/mol. The van der Waals surface area contributed by atoms with Gasteiger partial charge in [0.05, 0.1) is 11.8 Å². The summed E-state index contributed by atoms with van der Waals surface area (Å²) in [6.07, 6.45) is 2.77. The Labute approximate surface area is 170 Å². The molecule has 8 heteroatoms. The summed E-state index contributed by atoms with van der Waals surface area (Å²) in [4.78, 5) is 8.31. The molecule has 1 saturated heterocycles. The first-order chi connectivity index (χ1) is 12.1. The fraction of sp³-hybridized carbons (Fsp3) is 0.611. The van der Waals surface area contributed by atoms with E-state index in [2.05, 4.69) is 15.2 Å². The van der Waals surface area contributed by atoms with E-state index in [0.29, 0.717) is 38.4 Å². The molecular formula is C18H27F2IN4O. The molecule has 2 atom stereocenters. The number of aliphatic hydroxyl groups is 1. The van der Waals surface area contributed by atoms with Gasteiger partial charge in [-0.05, 0) is 25.0 Å². The van der Waals surface area contributed by atoms with Gasteiger partial charge in [-0.1, -0.05) is 6.42 Å². The van der Waals surface area contributed by atoms with Crippen LogP contribution in [-0.4, -0.2) is 61.8 Å². The van der Waals surface area contributed by atoms with Crippen LogP contribution in [0.5, 0.6) is 0 Å². The van der Waals surface area contributed by atoms with Crippen molar-refractivity contribution in [2.75, 3.05) is 44.7 Å². The summed E-state index contributed by atoms with van der Waals surface area (Å²) in [6.45, 7) is 3.29. The van der Waals surface area contributed by atoms with Crippen molar-refractivity contribution in [2.24, 2.45) is 10.9 Å². The maximum absolute atomic E-state index is 13.9. The lowest BCUT2D eigenvalue weighted by molar-refractivity contribution is 0.133. The van der Waals surface area contributed by atoms with Crippen molar-refractivity contribution in [1.82, 2.24) is 10.2 Å². The Morgan fingerprint density at radius 2 is 1.96 bits per heavy atom. The molecule has 2 aliphatic rings. The molecule has 0 amide bonds. The van der Waals surface area contributed by atoms with Crippen LogP contribution in [0.25, 0.3) is 0 Å². The van der Waals surface area contributed by atoms with Crippen molar-refractivity contribution in [3.05, 3.63) is 29.8 Å². The minimum absolute atomic E-state index is 0. The number of hydrogen-bond donors (Lipinski definition) is 2. The smallest absolute Gasteiger partial charge is 0.193 e. The number of aliphatic imine (C=N–C) groups is 1. The third-order valence-electron chi connectivity index (χ3n) is 5.18. The van der Waals surface area contributed by atoms with E-state index in [9.17, 15) is 13.9 Å². The average Bonchev–Trinajstić information content (AvgIpc) is 3.03. The molecule has 3 rings (SSSR count). The van der Waals surface area contributed by atoms with E-state index >= 15 is 0 Å². The van der Waals surface area contributed by atoms with Crippen molar-refractivity contribution in [1.29, 1.82) is 0 Å². The molecule has 1 aromatic carbocycles. The van der Waals surface area contributed by atoms with Gasteiger partial charge in [0.15, 0.2) is 5.96 Å². The predicted molar refractivity (Wildman–Crippen MR) is 110 cm³/mol. The molecule has 0 aromatic heterocycles. The first-order valence-corrected chi connectivity index (χ1v) is 8.92. The highest BCUT2D eigenvalue weighted by Gasteiger charge is 2.27. The molecule has 1 aliphatic heterocycles. The Kier molecular flexibility index (Phi) is 7.87. The first kappa shape index (κ1) is 21.1. The summed E-state index contributed by atoms with van der Waals surface area (Å²) in [5, 5.41) is 13.3. The van der Waals surface area contributed by atoms with Crippen LogP contribution in [0.15, 0.2) is 23.2 Å². The zero-order chi connectivity index (χ0) is 17.8. The molecular weight excluding hydrogens is 453 g/mol. The van der Waals surface area contributed by atoms with Gasteiger partial charge in [0.1, 0.15) is 11.6 Å². The fourth-order valence-corrected chi connectivity index (χ4v) is 3.70. The van der Waals surface area contributed by atoms with Gasteiger partial charge in [0.2, 0.25) is 0 Å². The number of piperazine rings is 1. The molecule has 0 radical (unpaired) electrons. The standard InChI is InChI=1S/C18H26F2N4O.HI/c1-21-18(22-12-13-3-2-4-17(13)25)24-9-7-23(8-10-24)16-11-14(19)5-6-15(16)20;/h5-6,11,13,17,25H,2-4,7-10,12H2,1H3,(H,21,22);1H. The summed E-state index contributed by atoms with van der Waals surface area (Å²) in [7, 11) is 1.74. The largest absolute Gasteiger partial charge is 0.393 e. The zero-order valence-electron chi connectivity index (χ0n) is 15.0. The SMILES string of the molecule is CN=C(NCC1CCCC1O)N1CCN(c2cc(F)ccc2F)CC1.I. The van der Waals surface area contributed by atoms with Gasteiger partial charge in [-0.2, -0.15) is 0 Å². The van der Waals surface area contributed by atoms with Gasteiger partial charge in [-0.15, -0.1) is 24.0 Å². The number of halogens is 3. The van der Waals surface area contributed by atoms with Crippen molar-refractivity contribution in [3.8, 4) is 0 Å². The molecule has 0 spiro atoms. The summed E-state index contributed by atoms with van der Waals surface area (Å²) in [5.74, 6) is 0.261. The number of rotatable bonds is 3. The van der Waals surface area contributed by atoms with E-state index in [0.717, 1.165) is 31.3 Å². The van der Waals surface area contributed by atoms with Gasteiger partial charge in [0, 0.05) is 51.8 Å². The summed E-state index contributed by atoms with van der Waals surface area (Å²) in [5.41, 5.74) is 0.316. The van der Waals surface area contributed by atoms with Crippen LogP contribution in [0.1, 0.15) is 19.3 Å². The highest BCUT2D eigenvalue weighted by atomic mass is 127. The molecule has 2 unspecified atom stereocenters. The highest BCUT2D eigenvalue weighted by Crippen LogP contribution is 2.25. The number of aliphatic hydroxyl groups excluding tert-OH is 1. The van der Waals surface area contributed by atoms with Crippen LogP contribution in [0.2, 0.25) is 0 Å². The van der Waals surface area contributed by atoms with E-state index < -0.39 is 11.6 Å². The lowest BCUT2D eigenvalue weighted by Crippen LogP contribution is -2.53. The molecule has 1 heterocycles. The van der Waals surface area contributed by atoms with Crippen molar-refractivity contribution >= 4 is 35.6 Å². The van der Waals surface area contributed by atoms with E-state index in [1.54, 1.807) is 7.05 Å². The average molecular weight is 480 g/mol. The van der Waals surface area contributed by atoms with Gasteiger partial charge < -0.3 is 20.2 Å². The molecule has 2 N–H and O–H groups in total. The Bertz CT molecular complexity index is 623. The fourth-order valence-electron chi connectivity index (χ4n) is 3.70. The minimum Gasteiger partial charge on any atom is -0.393 e. The maximum atomic E-state index is 13.9. The lowest BCUT2D eigenvalue weighted by Gasteiger charge is -2.38. The second-order valence-electron chi connectivity index (χ2n) is 6.76. The number of nitrogens with zero attached hydrogens (tertiary/aromatic N) is 3. The zero-order valence-corrected chi connectivity index (χ0v) is 17.3. The van der Waals surface area contributed by atoms with Gasteiger partial charge in [-0.25, -0.2) is 8.78 Å². The molecule has 1 saturated carbocycles. The number of guanidine groups is 1. The molecule has 1 aromatic rings. The van der Waals surface area contributed by atoms with E-state index in [1.807, 2.05) is 4.90 Å². The van der Waals surface area contributed by atoms with Crippen LogP contribution in [0, 0.1) is 17.6 Å². The Morgan fingerprint density at radius 1 is 1.23 bits per heavy atom. The van der Waals surface area contributed by atoms with E-state index in [-0.39, 0.29) is 36.0 Å². The quantitative estimate of drug-likeness (QED) is 0.397. The summed E-state index contributed by atoms with van der Waals surface area (Å²) >= 11 is 0. The normalized spacial score (nSPS) is 23.8. The van der Waals surface area contributed by atoms with Crippen LogP contribution in [0.3, 0.4) is 0 Å². The highest BCUT2D eigenvalue weighted by molar-refractivity contribution is 14.0. The second-order valence-corrected chi connectivity index (χ2v) is 6.76. The third-order valence-corrected chi connectivity index (χ3v) is 5.18. The predicted octanol–water partition coefficient (Wildman–Crippen LogP) is 2.44. The second kappa shape index (κ2) is 9.68. The van der Waals surface area contributed by atoms with Crippen molar-refractivity contribution < 1.29 is 13.9 Å². The molecule has 5 nitrogen and oxygen atoms in total. The Balaban J connectivity index is 0.00000243. The molecule has 1 aliphatic carbocycles. The summed E-state index contributed by atoms with van der Waals surface area (Å²) < 4.78 is 27.3. The number of anilines is 1. The van der Waals surface area contributed by atoms with Gasteiger partial charge in [0.25, 0.3) is 0 Å². The van der Waals surface area contributed by atoms with E-state index in [1.165, 1.54) is 12.1 Å². The van der Waals surface area contributed by atoms with Crippen LogP contribution >= 0.6 is 24.0 Å². The van der Waals surface area contributed by atoms with Gasteiger partial charge in [-0.3, -0.25) is 4.99 Å². The number of hydrogen-bond acceptors (Lipinski definition) is 3. The van der Waals surface area contributed by atoms with Crippen molar-refractivity contribution in [3.63, 3.8) is 0 Å². The van der Waals surface area contributed by atoms with E-state index in [4.69, 9.17) is 0 Å². The topological polar surface area (TPSA) is 51.1 Å². The Morgan fingerprint density at radius 3 is 2.58 bits per heavy atom. The molecule has 26 heavy (non-hydrogen) atoms. The maximum Gasteiger partial charge on any atom is 0.193 e. The third kappa shape index (κ3) is 4.97. The molecule has 2 fully saturated rings. The van der Waals surface area contributed by atoms with Crippen LogP contribution in [-0.2, 0) is 0 Å². The minimum atomic E-state index is -0.425. The number of nitrogens with one attached hydrogen (secondary N) is 1. The Hall–Kier alpha value is -1.16. The molecule has 0 bridgehead atoms. The van der Waals surface area contributed by atoms with Crippen LogP contribution in [0.4, 0.5) is 14.5 Å².